The summed E-state index contributed by atoms with van der Waals surface area (Å²) in [6.45, 7) is 5.13. The van der Waals surface area contributed by atoms with E-state index in [4.69, 9.17) is 13.9 Å². The third-order valence-electron chi connectivity index (χ3n) is 4.25. The van der Waals surface area contributed by atoms with Crippen molar-refractivity contribution in [3.63, 3.8) is 0 Å². The standard InChI is InChI=1S/C19H25NO4/c1-2-15-5-7-17(8-6-15)24-14-16(21)12-20-9-11-23-19(13-20)18-4-3-10-22-18/h3-8,10,16,19,21H,2,9,11-14H2,1H3. The highest BCUT2D eigenvalue weighted by atomic mass is 16.5. The Morgan fingerprint density at radius 2 is 2.12 bits per heavy atom. The molecule has 1 N–H and O–H groups in total. The van der Waals surface area contributed by atoms with E-state index in [1.807, 2.05) is 24.3 Å². The number of nitrogens with zero attached hydrogens (tertiary/aromatic N) is 1. The SMILES string of the molecule is CCc1ccc(OCC(O)CN2CCOC(c3ccco3)C2)cc1. The zero-order chi connectivity index (χ0) is 16.8. The van der Waals surface area contributed by atoms with Crippen LogP contribution in [0.25, 0.3) is 0 Å². The van der Waals surface area contributed by atoms with E-state index < -0.39 is 6.10 Å². The topological polar surface area (TPSA) is 55.1 Å². The number of hydrogen-bond donors (Lipinski definition) is 1. The van der Waals surface area contributed by atoms with Gasteiger partial charge in [-0.1, -0.05) is 19.1 Å². The molecule has 5 heteroatoms. The van der Waals surface area contributed by atoms with Crippen LogP contribution in [0.3, 0.4) is 0 Å². The van der Waals surface area contributed by atoms with E-state index in [1.54, 1.807) is 6.26 Å². The average molecular weight is 331 g/mol. The first-order valence-electron chi connectivity index (χ1n) is 8.51. The Hall–Kier alpha value is -1.82. The summed E-state index contributed by atoms with van der Waals surface area (Å²) >= 11 is 0. The van der Waals surface area contributed by atoms with Gasteiger partial charge >= 0.3 is 0 Å². The van der Waals surface area contributed by atoms with Crippen molar-refractivity contribution < 1.29 is 19.0 Å². The summed E-state index contributed by atoms with van der Waals surface area (Å²) in [6.07, 6.45) is 2.07. The Bertz CT molecular complexity index is 596. The molecule has 3 rings (SSSR count). The van der Waals surface area contributed by atoms with Crippen LogP contribution in [0.5, 0.6) is 5.75 Å². The highest BCUT2D eigenvalue weighted by Crippen LogP contribution is 2.22. The van der Waals surface area contributed by atoms with Gasteiger partial charge in [-0.3, -0.25) is 4.90 Å². The van der Waals surface area contributed by atoms with Crippen molar-refractivity contribution in [3.05, 3.63) is 54.0 Å². The van der Waals surface area contributed by atoms with Gasteiger partial charge in [-0.2, -0.15) is 0 Å². The Balaban J connectivity index is 1.44. The van der Waals surface area contributed by atoms with Gasteiger partial charge < -0.3 is 19.0 Å². The Morgan fingerprint density at radius 3 is 2.83 bits per heavy atom. The number of morpholine rings is 1. The molecule has 0 amide bonds. The number of furan rings is 1. The molecule has 2 unspecified atom stereocenters. The number of benzene rings is 1. The maximum Gasteiger partial charge on any atom is 0.133 e. The van der Waals surface area contributed by atoms with Gasteiger partial charge in [0.1, 0.15) is 30.3 Å². The Morgan fingerprint density at radius 1 is 1.29 bits per heavy atom. The predicted octanol–water partition coefficient (Wildman–Crippen LogP) is 2.66. The molecule has 0 radical (unpaired) electrons. The van der Waals surface area contributed by atoms with Gasteiger partial charge in [0.05, 0.1) is 12.9 Å². The van der Waals surface area contributed by atoms with Gasteiger partial charge in [-0.25, -0.2) is 0 Å². The van der Waals surface area contributed by atoms with E-state index in [1.165, 1.54) is 5.56 Å². The van der Waals surface area contributed by atoms with Gasteiger partial charge in [0.15, 0.2) is 0 Å². The summed E-state index contributed by atoms with van der Waals surface area (Å²) in [5.74, 6) is 1.63. The summed E-state index contributed by atoms with van der Waals surface area (Å²) in [5, 5.41) is 10.2. The average Bonchev–Trinajstić information content (AvgIpc) is 3.15. The first-order chi connectivity index (χ1) is 11.7. The first-order valence-corrected chi connectivity index (χ1v) is 8.51. The lowest BCUT2D eigenvalue weighted by molar-refractivity contribution is -0.0541. The maximum atomic E-state index is 10.2. The fourth-order valence-electron chi connectivity index (χ4n) is 2.88. The van der Waals surface area contributed by atoms with Gasteiger partial charge in [0.2, 0.25) is 0 Å². The minimum atomic E-state index is -0.536. The maximum absolute atomic E-state index is 10.2. The summed E-state index contributed by atoms with van der Waals surface area (Å²) in [4.78, 5) is 2.19. The first kappa shape index (κ1) is 17.0. The van der Waals surface area contributed by atoms with Crippen LogP contribution in [-0.4, -0.2) is 49.0 Å². The van der Waals surface area contributed by atoms with Crippen molar-refractivity contribution in [3.8, 4) is 5.75 Å². The molecule has 0 aliphatic carbocycles. The lowest BCUT2D eigenvalue weighted by atomic mass is 10.2. The van der Waals surface area contributed by atoms with Crippen LogP contribution in [0.1, 0.15) is 24.4 Å². The van der Waals surface area contributed by atoms with Crippen LogP contribution in [0.2, 0.25) is 0 Å². The molecular weight excluding hydrogens is 306 g/mol. The highest BCUT2D eigenvalue weighted by molar-refractivity contribution is 5.27. The van der Waals surface area contributed by atoms with Crippen LogP contribution in [-0.2, 0) is 11.2 Å². The van der Waals surface area contributed by atoms with Crippen LogP contribution in [0, 0.1) is 0 Å². The molecule has 2 atom stereocenters. The number of rotatable bonds is 7. The molecule has 130 valence electrons. The van der Waals surface area contributed by atoms with Crippen molar-refractivity contribution in [1.29, 1.82) is 0 Å². The molecule has 0 spiro atoms. The fraction of sp³-hybridized carbons (Fsp3) is 0.474. The van der Waals surface area contributed by atoms with E-state index in [0.717, 1.165) is 31.0 Å². The molecular formula is C19H25NO4. The van der Waals surface area contributed by atoms with E-state index in [0.29, 0.717) is 13.2 Å². The van der Waals surface area contributed by atoms with Gasteiger partial charge in [-0.15, -0.1) is 0 Å². The predicted molar refractivity (Wildman–Crippen MR) is 91.2 cm³/mol. The molecule has 1 fully saturated rings. The van der Waals surface area contributed by atoms with Crippen LogP contribution >= 0.6 is 0 Å². The van der Waals surface area contributed by atoms with Crippen molar-refractivity contribution in [2.45, 2.75) is 25.6 Å². The molecule has 1 saturated heterocycles. The Labute approximate surface area is 142 Å². The lowest BCUT2D eigenvalue weighted by Crippen LogP contribution is -2.43. The normalized spacial score (nSPS) is 20.0. The molecule has 0 saturated carbocycles. The van der Waals surface area contributed by atoms with Crippen LogP contribution in [0.15, 0.2) is 47.1 Å². The van der Waals surface area contributed by atoms with Gasteiger partial charge in [0, 0.05) is 19.6 Å². The van der Waals surface area contributed by atoms with E-state index in [-0.39, 0.29) is 12.7 Å². The minimum absolute atomic E-state index is 0.0662. The van der Waals surface area contributed by atoms with Crippen molar-refractivity contribution in [1.82, 2.24) is 4.90 Å². The van der Waals surface area contributed by atoms with Crippen LogP contribution < -0.4 is 4.74 Å². The number of ether oxygens (including phenoxy) is 2. The second-order valence-corrected chi connectivity index (χ2v) is 6.10. The van der Waals surface area contributed by atoms with Crippen molar-refractivity contribution in [2.75, 3.05) is 32.8 Å². The van der Waals surface area contributed by atoms with E-state index in [9.17, 15) is 5.11 Å². The monoisotopic (exact) mass is 331 g/mol. The summed E-state index contributed by atoms with van der Waals surface area (Å²) in [7, 11) is 0. The largest absolute Gasteiger partial charge is 0.491 e. The van der Waals surface area contributed by atoms with Crippen LogP contribution in [0.4, 0.5) is 0 Å². The number of hydrogen-bond acceptors (Lipinski definition) is 5. The van der Waals surface area contributed by atoms with E-state index in [2.05, 4.69) is 24.0 Å². The highest BCUT2D eigenvalue weighted by Gasteiger charge is 2.25. The molecule has 1 aliphatic heterocycles. The molecule has 2 aromatic rings. The van der Waals surface area contributed by atoms with Gasteiger partial charge in [0.25, 0.3) is 0 Å². The third-order valence-corrected chi connectivity index (χ3v) is 4.25. The summed E-state index contributed by atoms with van der Waals surface area (Å²) in [5.41, 5.74) is 1.28. The molecule has 0 bridgehead atoms. The molecule has 1 aromatic carbocycles. The fourth-order valence-corrected chi connectivity index (χ4v) is 2.88. The quantitative estimate of drug-likeness (QED) is 0.845. The third kappa shape index (κ3) is 4.60. The number of aliphatic hydroxyl groups excluding tert-OH is 1. The molecule has 24 heavy (non-hydrogen) atoms. The number of aryl methyl sites for hydroxylation is 1. The zero-order valence-corrected chi connectivity index (χ0v) is 14.1. The molecule has 1 aliphatic rings. The summed E-state index contributed by atoms with van der Waals surface area (Å²) in [6, 6.07) is 11.8. The van der Waals surface area contributed by atoms with Crippen molar-refractivity contribution in [2.24, 2.45) is 0 Å². The number of aliphatic hydroxyl groups is 1. The second kappa shape index (κ2) is 8.33. The second-order valence-electron chi connectivity index (χ2n) is 6.10. The minimum Gasteiger partial charge on any atom is -0.491 e. The zero-order valence-electron chi connectivity index (χ0n) is 14.1. The van der Waals surface area contributed by atoms with Crippen molar-refractivity contribution >= 4 is 0 Å². The van der Waals surface area contributed by atoms with E-state index >= 15 is 0 Å². The Kier molecular flexibility index (Phi) is 5.91. The van der Waals surface area contributed by atoms with Gasteiger partial charge in [-0.05, 0) is 36.2 Å². The molecule has 1 aromatic heterocycles. The lowest BCUT2D eigenvalue weighted by Gasteiger charge is -2.33. The number of β-amino-alcohol motifs (C(OH)–C–C–N with tert-alkyl or cyclic N) is 1. The molecule has 5 nitrogen and oxygen atoms in total. The summed E-state index contributed by atoms with van der Waals surface area (Å²) < 4.78 is 16.8. The smallest absolute Gasteiger partial charge is 0.133 e. The molecule has 2 heterocycles.